The predicted octanol–water partition coefficient (Wildman–Crippen LogP) is 14.9. The fourth-order valence-corrected chi connectivity index (χ4v) is 7.04. The molecule has 61 heavy (non-hydrogen) atoms. The Morgan fingerprint density at radius 1 is 0.492 bits per heavy atom. The van der Waals surface area contributed by atoms with Gasteiger partial charge in [0, 0.05) is 6.42 Å². The summed E-state index contributed by atoms with van der Waals surface area (Å²) in [6.07, 6.45) is 63.2. The number of aliphatic hydroxyl groups is 2. The molecular weight excluding hydrogens is 755 g/mol. The molecule has 0 aliphatic heterocycles. The highest BCUT2D eigenvalue weighted by atomic mass is 16.5. The van der Waals surface area contributed by atoms with Crippen molar-refractivity contribution in [2.24, 2.45) is 0 Å². The van der Waals surface area contributed by atoms with E-state index < -0.39 is 18.2 Å². The van der Waals surface area contributed by atoms with Crippen molar-refractivity contribution < 1.29 is 24.5 Å². The smallest absolute Gasteiger partial charge is 0.306 e. The summed E-state index contributed by atoms with van der Waals surface area (Å²) in [4.78, 5) is 26.1. The quantitative estimate of drug-likeness (QED) is 0.0323. The molecule has 0 bridgehead atoms. The van der Waals surface area contributed by atoms with Gasteiger partial charge in [-0.2, -0.15) is 0 Å². The fraction of sp³-hybridized carbons (Fsp3) is 0.673. The topological polar surface area (TPSA) is 95.9 Å². The third kappa shape index (κ3) is 43.2. The standard InChI is InChI=1S/C55H93NO5/c1-4-7-10-13-16-19-21-23-25-27-29-31-33-36-39-42-45-48-55(60)61-51(46-43-40-37-35-32-30-28-26-24-22-20-17-14-11-8-5-2)49-54(59)56-52(50-57)53(58)47-44-41-38-34-18-15-12-9-6-3/h7,10,13,16,19,21,23,25-33,51-53,57-58H,4-6,8-9,11-12,14-15,17-18,20,22,24,34-50H2,1-3H3,(H,56,59)/b10-7-,16-13+,21-19+,25-23-,28-26+,29-27+,32-30+,33-31+. The minimum absolute atomic E-state index is 0.0356. The van der Waals surface area contributed by atoms with Crippen LogP contribution in [-0.4, -0.2) is 46.9 Å². The van der Waals surface area contributed by atoms with Gasteiger partial charge in [-0.15, -0.1) is 0 Å². The third-order valence-electron chi connectivity index (χ3n) is 10.8. The van der Waals surface area contributed by atoms with Gasteiger partial charge in [-0.25, -0.2) is 0 Å². The second-order valence-electron chi connectivity index (χ2n) is 16.7. The van der Waals surface area contributed by atoms with Gasteiger partial charge in [0.05, 0.1) is 25.2 Å². The van der Waals surface area contributed by atoms with Crippen LogP contribution in [0.15, 0.2) is 97.2 Å². The van der Waals surface area contributed by atoms with Crippen molar-refractivity contribution in [2.75, 3.05) is 6.61 Å². The Kier molecular flexibility index (Phi) is 45.3. The van der Waals surface area contributed by atoms with E-state index in [2.05, 4.69) is 68.6 Å². The van der Waals surface area contributed by atoms with Crippen LogP contribution in [-0.2, 0) is 14.3 Å². The van der Waals surface area contributed by atoms with Crippen molar-refractivity contribution in [1.82, 2.24) is 5.32 Å². The highest BCUT2D eigenvalue weighted by Gasteiger charge is 2.24. The highest BCUT2D eigenvalue weighted by Crippen LogP contribution is 2.16. The number of hydrogen-bond acceptors (Lipinski definition) is 5. The summed E-state index contributed by atoms with van der Waals surface area (Å²) >= 11 is 0. The number of esters is 1. The molecule has 0 saturated carbocycles. The Hall–Kier alpha value is -3.22. The number of carbonyl (C=O) groups is 2. The minimum atomic E-state index is -0.807. The molecule has 0 aromatic carbocycles. The summed E-state index contributed by atoms with van der Waals surface area (Å²) in [6.45, 7) is 6.28. The third-order valence-corrected chi connectivity index (χ3v) is 10.8. The van der Waals surface area contributed by atoms with Crippen molar-refractivity contribution in [1.29, 1.82) is 0 Å². The van der Waals surface area contributed by atoms with Crippen LogP contribution >= 0.6 is 0 Å². The van der Waals surface area contributed by atoms with Gasteiger partial charge < -0.3 is 20.3 Å². The molecule has 0 saturated heterocycles. The predicted molar refractivity (Wildman–Crippen MR) is 264 cm³/mol. The van der Waals surface area contributed by atoms with Gasteiger partial charge >= 0.3 is 5.97 Å². The Morgan fingerprint density at radius 2 is 0.885 bits per heavy atom. The molecular formula is C55H93NO5. The lowest BCUT2D eigenvalue weighted by atomic mass is 10.0. The molecule has 348 valence electrons. The number of rotatable bonds is 43. The van der Waals surface area contributed by atoms with Crippen LogP contribution in [0.4, 0.5) is 0 Å². The lowest BCUT2D eigenvalue weighted by Gasteiger charge is -2.24. The normalized spacial score (nSPS) is 14.1. The van der Waals surface area contributed by atoms with Crippen LogP contribution in [0.2, 0.25) is 0 Å². The van der Waals surface area contributed by atoms with E-state index >= 15 is 0 Å². The van der Waals surface area contributed by atoms with Crippen molar-refractivity contribution in [3.63, 3.8) is 0 Å². The number of hydrogen-bond donors (Lipinski definition) is 3. The van der Waals surface area contributed by atoms with Gasteiger partial charge in [-0.05, 0) is 70.6 Å². The van der Waals surface area contributed by atoms with Crippen LogP contribution in [0.1, 0.15) is 213 Å². The van der Waals surface area contributed by atoms with Gasteiger partial charge in [-0.3, -0.25) is 9.59 Å². The second-order valence-corrected chi connectivity index (χ2v) is 16.7. The van der Waals surface area contributed by atoms with Crippen molar-refractivity contribution in [3.8, 4) is 0 Å². The number of allylic oxidation sites excluding steroid dienone is 16. The molecule has 0 spiro atoms. The molecule has 3 atom stereocenters. The first kappa shape index (κ1) is 57.8. The minimum Gasteiger partial charge on any atom is -0.462 e. The van der Waals surface area contributed by atoms with E-state index in [-0.39, 0.29) is 24.9 Å². The zero-order valence-corrected chi connectivity index (χ0v) is 39.5. The number of unbranched alkanes of at least 4 members (excludes halogenated alkanes) is 21. The highest BCUT2D eigenvalue weighted by molar-refractivity contribution is 5.77. The molecule has 0 aromatic rings. The van der Waals surface area contributed by atoms with Crippen LogP contribution in [0.25, 0.3) is 0 Å². The maximum absolute atomic E-state index is 13.2. The molecule has 6 nitrogen and oxygen atoms in total. The van der Waals surface area contributed by atoms with Crippen LogP contribution in [0.3, 0.4) is 0 Å². The van der Waals surface area contributed by atoms with Gasteiger partial charge in [0.25, 0.3) is 0 Å². The number of nitrogens with one attached hydrogen (secondary N) is 1. The Bertz CT molecular complexity index is 1220. The second kappa shape index (κ2) is 47.8. The molecule has 3 unspecified atom stereocenters. The van der Waals surface area contributed by atoms with Gasteiger partial charge in [0.15, 0.2) is 0 Å². The summed E-state index contributed by atoms with van der Waals surface area (Å²) in [5.41, 5.74) is 0. The van der Waals surface area contributed by atoms with E-state index in [0.29, 0.717) is 19.3 Å². The fourth-order valence-electron chi connectivity index (χ4n) is 7.04. The van der Waals surface area contributed by atoms with E-state index in [0.717, 1.165) is 83.5 Å². The molecule has 0 aliphatic carbocycles. The van der Waals surface area contributed by atoms with E-state index in [1.54, 1.807) is 0 Å². The van der Waals surface area contributed by atoms with E-state index in [4.69, 9.17) is 4.74 Å². The number of aliphatic hydroxyl groups excluding tert-OH is 2. The zero-order chi connectivity index (χ0) is 44.5. The maximum Gasteiger partial charge on any atom is 0.306 e. The molecule has 1 amide bonds. The summed E-state index contributed by atoms with van der Waals surface area (Å²) in [6, 6.07) is -0.724. The molecule has 0 heterocycles. The van der Waals surface area contributed by atoms with E-state index in [9.17, 15) is 19.8 Å². The number of carbonyl (C=O) groups excluding carboxylic acids is 2. The van der Waals surface area contributed by atoms with Crippen LogP contribution < -0.4 is 5.32 Å². The zero-order valence-electron chi connectivity index (χ0n) is 39.5. The van der Waals surface area contributed by atoms with E-state index in [1.807, 2.05) is 54.7 Å². The monoisotopic (exact) mass is 848 g/mol. The first-order valence-corrected chi connectivity index (χ1v) is 25.1. The molecule has 0 radical (unpaired) electrons. The van der Waals surface area contributed by atoms with Crippen LogP contribution in [0.5, 0.6) is 0 Å². The molecule has 3 N–H and O–H groups in total. The Balaban J connectivity index is 4.76. The van der Waals surface area contributed by atoms with Crippen LogP contribution in [0, 0.1) is 0 Å². The van der Waals surface area contributed by atoms with E-state index in [1.165, 1.54) is 83.5 Å². The lowest BCUT2D eigenvalue weighted by molar-refractivity contribution is -0.151. The first-order chi connectivity index (χ1) is 30.0. The molecule has 6 heteroatoms. The van der Waals surface area contributed by atoms with Crippen molar-refractivity contribution >= 4 is 11.9 Å². The summed E-state index contributed by atoms with van der Waals surface area (Å²) in [7, 11) is 0. The Labute approximate surface area is 376 Å². The van der Waals surface area contributed by atoms with Crippen molar-refractivity contribution in [2.45, 2.75) is 232 Å². The molecule has 0 rings (SSSR count). The van der Waals surface area contributed by atoms with Gasteiger partial charge in [0.1, 0.15) is 6.10 Å². The summed E-state index contributed by atoms with van der Waals surface area (Å²) < 4.78 is 5.89. The average molecular weight is 848 g/mol. The Morgan fingerprint density at radius 3 is 1.38 bits per heavy atom. The molecule has 0 aromatic heterocycles. The number of ether oxygens (including phenoxy) is 1. The number of amides is 1. The van der Waals surface area contributed by atoms with Crippen molar-refractivity contribution in [3.05, 3.63) is 97.2 Å². The summed E-state index contributed by atoms with van der Waals surface area (Å²) in [5.74, 6) is -0.560. The SMILES string of the molecule is CC\C=C/C=C/C=C/C=C\C=C\C=C\CCCCCC(=O)OC(CCCCC/C=C/C=C/CCCCCCCCC)CC(=O)NC(CO)C(O)CCCCCCCCCCC. The molecule has 0 fully saturated rings. The lowest BCUT2D eigenvalue weighted by Crippen LogP contribution is -2.46. The first-order valence-electron chi connectivity index (χ1n) is 25.1. The molecule has 0 aliphatic rings. The maximum atomic E-state index is 13.2. The summed E-state index contributed by atoms with van der Waals surface area (Å²) in [5, 5.41) is 23.6. The largest absolute Gasteiger partial charge is 0.462 e. The average Bonchev–Trinajstić information content (AvgIpc) is 3.25. The van der Waals surface area contributed by atoms with Gasteiger partial charge in [0.2, 0.25) is 5.91 Å². The van der Waals surface area contributed by atoms with Gasteiger partial charge in [-0.1, -0.05) is 227 Å².